The summed E-state index contributed by atoms with van der Waals surface area (Å²) < 4.78 is 13.2. The maximum absolute atomic E-state index is 13.2. The first-order valence-electron chi connectivity index (χ1n) is 12.7. The van der Waals surface area contributed by atoms with Crippen LogP contribution in [0.25, 0.3) is 0 Å². The summed E-state index contributed by atoms with van der Waals surface area (Å²) in [5.74, 6) is 1.83. The summed E-state index contributed by atoms with van der Waals surface area (Å²) in [6, 6.07) is 14.4. The van der Waals surface area contributed by atoms with Crippen LogP contribution in [0.3, 0.4) is 0 Å². The molecule has 0 aromatic heterocycles. The van der Waals surface area contributed by atoms with E-state index in [1.807, 2.05) is 0 Å². The van der Waals surface area contributed by atoms with Crippen LogP contribution in [0.5, 0.6) is 0 Å². The summed E-state index contributed by atoms with van der Waals surface area (Å²) in [5, 5.41) is 3.81. The van der Waals surface area contributed by atoms with Gasteiger partial charge in [0.05, 0.1) is 0 Å². The molecular formula is C29H41FN2. The summed E-state index contributed by atoms with van der Waals surface area (Å²) in [4.78, 5) is 0. The fourth-order valence-corrected chi connectivity index (χ4v) is 6.57. The van der Waals surface area contributed by atoms with E-state index in [4.69, 9.17) is 5.73 Å². The third-order valence-electron chi connectivity index (χ3n) is 8.57. The molecule has 0 amide bonds. The zero-order valence-corrected chi connectivity index (χ0v) is 20.3. The molecule has 3 heteroatoms. The number of rotatable bonds is 7. The fourth-order valence-electron chi connectivity index (χ4n) is 6.57. The second-order valence-electron chi connectivity index (χ2n) is 10.9. The maximum Gasteiger partial charge on any atom is 0.123 e. The highest BCUT2D eigenvalue weighted by molar-refractivity contribution is 5.41. The van der Waals surface area contributed by atoms with Gasteiger partial charge in [-0.25, -0.2) is 4.39 Å². The molecule has 1 saturated carbocycles. The maximum atomic E-state index is 13.2. The largest absolute Gasteiger partial charge is 0.324 e. The van der Waals surface area contributed by atoms with Crippen molar-refractivity contribution in [1.82, 2.24) is 5.32 Å². The summed E-state index contributed by atoms with van der Waals surface area (Å²) >= 11 is 0. The number of nitrogens with two attached hydrogens (primary N) is 1. The third kappa shape index (κ3) is 4.65. The van der Waals surface area contributed by atoms with Gasteiger partial charge in [-0.1, -0.05) is 57.5 Å². The molecule has 0 aliphatic heterocycles. The molecule has 2 aliphatic rings. The number of fused-ring (bicyclic) bond motifs is 3. The molecule has 0 heterocycles. The van der Waals surface area contributed by atoms with Crippen molar-refractivity contribution in [2.75, 3.05) is 6.54 Å². The zero-order valence-electron chi connectivity index (χ0n) is 20.3. The van der Waals surface area contributed by atoms with Crippen LogP contribution in [-0.2, 0) is 11.8 Å². The van der Waals surface area contributed by atoms with E-state index in [0.717, 1.165) is 24.4 Å². The van der Waals surface area contributed by atoms with Gasteiger partial charge in [-0.15, -0.1) is 0 Å². The molecule has 0 bridgehead atoms. The molecule has 2 aromatic rings. The Balaban J connectivity index is 1.40. The van der Waals surface area contributed by atoms with Gasteiger partial charge in [0.15, 0.2) is 0 Å². The molecule has 5 atom stereocenters. The minimum atomic E-state index is -0.206. The summed E-state index contributed by atoms with van der Waals surface area (Å²) in [6.07, 6.45) is 7.32. The minimum absolute atomic E-state index is 0.0522. The number of nitrogens with one attached hydrogen (secondary N) is 1. The van der Waals surface area contributed by atoms with E-state index in [1.54, 1.807) is 23.3 Å². The smallest absolute Gasteiger partial charge is 0.123 e. The highest BCUT2D eigenvalue weighted by atomic mass is 19.1. The van der Waals surface area contributed by atoms with Crippen molar-refractivity contribution >= 4 is 0 Å². The average molecular weight is 437 g/mol. The van der Waals surface area contributed by atoms with Crippen LogP contribution in [0, 0.1) is 17.7 Å². The van der Waals surface area contributed by atoms with Crippen molar-refractivity contribution in [3.8, 4) is 0 Å². The van der Waals surface area contributed by atoms with Gasteiger partial charge in [-0.3, -0.25) is 0 Å². The van der Waals surface area contributed by atoms with Crippen molar-refractivity contribution in [2.45, 2.75) is 89.6 Å². The topological polar surface area (TPSA) is 38.0 Å². The Hall–Kier alpha value is -1.71. The average Bonchev–Trinajstić information content (AvgIpc) is 2.78. The Morgan fingerprint density at radius 3 is 2.50 bits per heavy atom. The van der Waals surface area contributed by atoms with Gasteiger partial charge in [0.2, 0.25) is 0 Å². The van der Waals surface area contributed by atoms with Crippen LogP contribution in [-0.4, -0.2) is 12.6 Å². The molecule has 3 N–H and O–H groups in total. The second kappa shape index (κ2) is 9.65. The molecule has 174 valence electrons. The monoisotopic (exact) mass is 436 g/mol. The number of hydrogen-bond donors (Lipinski definition) is 2. The van der Waals surface area contributed by atoms with Crippen LogP contribution >= 0.6 is 0 Å². The lowest BCUT2D eigenvalue weighted by Crippen LogP contribution is -2.50. The lowest BCUT2D eigenvalue weighted by atomic mass is 9.53. The van der Waals surface area contributed by atoms with E-state index in [0.29, 0.717) is 23.3 Å². The Labute approximate surface area is 194 Å². The summed E-state index contributed by atoms with van der Waals surface area (Å²) in [7, 11) is 0. The van der Waals surface area contributed by atoms with E-state index in [-0.39, 0.29) is 11.9 Å². The lowest BCUT2D eigenvalue weighted by molar-refractivity contribution is 0.0827. The van der Waals surface area contributed by atoms with Crippen LogP contribution in [0.2, 0.25) is 0 Å². The van der Waals surface area contributed by atoms with E-state index in [9.17, 15) is 4.39 Å². The van der Waals surface area contributed by atoms with Gasteiger partial charge in [-0.2, -0.15) is 0 Å². The van der Waals surface area contributed by atoms with Gasteiger partial charge in [-0.05, 0) is 103 Å². The molecule has 0 radical (unpaired) electrons. The molecule has 2 nitrogen and oxygen atoms in total. The molecule has 1 fully saturated rings. The first-order chi connectivity index (χ1) is 15.3. The van der Waals surface area contributed by atoms with Crippen molar-refractivity contribution < 1.29 is 4.39 Å². The van der Waals surface area contributed by atoms with Gasteiger partial charge >= 0.3 is 0 Å². The van der Waals surface area contributed by atoms with Crippen LogP contribution < -0.4 is 11.1 Å². The molecule has 2 aliphatic carbocycles. The number of hydrogen-bond acceptors (Lipinski definition) is 2. The van der Waals surface area contributed by atoms with Crippen molar-refractivity contribution in [3.63, 3.8) is 0 Å². The summed E-state index contributed by atoms with van der Waals surface area (Å²) in [6.45, 7) is 10.4. The van der Waals surface area contributed by atoms with Gasteiger partial charge in [0, 0.05) is 12.1 Å². The predicted octanol–water partition coefficient (Wildman–Crippen LogP) is 6.64. The first-order valence-corrected chi connectivity index (χ1v) is 12.7. The Morgan fingerprint density at radius 2 is 1.78 bits per heavy atom. The van der Waals surface area contributed by atoms with Crippen LogP contribution in [0.1, 0.15) is 94.0 Å². The molecule has 32 heavy (non-hydrogen) atoms. The Morgan fingerprint density at radius 1 is 1.06 bits per heavy atom. The van der Waals surface area contributed by atoms with E-state index in [1.165, 1.54) is 49.8 Å². The third-order valence-corrected chi connectivity index (χ3v) is 8.57. The quantitative estimate of drug-likeness (QED) is 0.511. The van der Waals surface area contributed by atoms with Gasteiger partial charge < -0.3 is 11.1 Å². The SMILES string of the molecule is CC(C)c1ccc2c(c1)CCC1C(C(C)NCCC(N)c3ccc(F)cc3)CCCC21C. The molecule has 0 spiro atoms. The first kappa shape index (κ1) is 23.4. The highest BCUT2D eigenvalue weighted by Crippen LogP contribution is 2.53. The molecule has 2 aromatic carbocycles. The summed E-state index contributed by atoms with van der Waals surface area (Å²) in [5.41, 5.74) is 12.4. The predicted molar refractivity (Wildman–Crippen MR) is 132 cm³/mol. The molecule has 5 unspecified atom stereocenters. The molecular weight excluding hydrogens is 395 g/mol. The standard InChI is InChI=1S/C29H41FN2/c1-19(2)22-9-13-26-23(18-22)10-14-27-25(6-5-16-29(26,27)4)20(3)32-17-15-28(31)21-7-11-24(30)12-8-21/h7-9,11-13,18-20,25,27-28,32H,5-6,10,14-17,31H2,1-4H3. The highest BCUT2D eigenvalue weighted by Gasteiger charge is 2.47. The minimum Gasteiger partial charge on any atom is -0.324 e. The van der Waals surface area contributed by atoms with Crippen molar-refractivity contribution in [2.24, 2.45) is 17.6 Å². The second-order valence-corrected chi connectivity index (χ2v) is 10.9. The lowest BCUT2D eigenvalue weighted by Gasteiger charge is -2.52. The molecule has 0 saturated heterocycles. The van der Waals surface area contributed by atoms with Gasteiger partial charge in [0.25, 0.3) is 0 Å². The number of halogens is 1. The fraction of sp³-hybridized carbons (Fsp3) is 0.586. The number of aryl methyl sites for hydroxylation is 1. The van der Waals surface area contributed by atoms with Crippen molar-refractivity contribution in [1.29, 1.82) is 0 Å². The Kier molecular flexibility index (Phi) is 7.07. The van der Waals surface area contributed by atoms with E-state index >= 15 is 0 Å². The van der Waals surface area contributed by atoms with Crippen molar-refractivity contribution in [3.05, 3.63) is 70.5 Å². The number of benzene rings is 2. The molecule has 4 rings (SSSR count). The van der Waals surface area contributed by atoms with E-state index < -0.39 is 0 Å². The van der Waals surface area contributed by atoms with Gasteiger partial charge in [0.1, 0.15) is 5.82 Å². The normalized spacial score (nSPS) is 27.0. The van der Waals surface area contributed by atoms with E-state index in [2.05, 4.69) is 51.2 Å². The van der Waals surface area contributed by atoms with Crippen LogP contribution in [0.4, 0.5) is 4.39 Å². The Bertz CT molecular complexity index is 906. The van der Waals surface area contributed by atoms with Crippen LogP contribution in [0.15, 0.2) is 42.5 Å². The zero-order chi connectivity index (χ0) is 22.9.